The number of hydrogen-bond acceptors (Lipinski definition) is 3. The molecule has 0 amide bonds. The highest BCUT2D eigenvalue weighted by Gasteiger charge is 2.55. The van der Waals surface area contributed by atoms with Crippen molar-refractivity contribution in [2.45, 2.75) is 57.7 Å². The summed E-state index contributed by atoms with van der Waals surface area (Å²) < 4.78 is 5.58. The Morgan fingerprint density at radius 1 is 1.42 bits per heavy atom. The predicted octanol–water partition coefficient (Wildman–Crippen LogP) is 2.75. The Hall–Kier alpha value is -1.09. The van der Waals surface area contributed by atoms with Gasteiger partial charge in [-0.25, -0.2) is 4.79 Å². The van der Waals surface area contributed by atoms with E-state index >= 15 is 0 Å². The molecule has 3 aliphatic rings. The second-order valence-corrected chi connectivity index (χ2v) is 6.87. The lowest BCUT2D eigenvalue weighted by Gasteiger charge is -2.35. The Bertz CT molecular complexity index is 500. The van der Waals surface area contributed by atoms with E-state index in [2.05, 4.69) is 6.58 Å². The lowest BCUT2D eigenvalue weighted by Crippen LogP contribution is -2.42. The number of ether oxygens (including phenoxy) is 1. The first kappa shape index (κ1) is 12.9. The number of allylic oxidation sites excluding steroid dienone is 1. The third-order valence-corrected chi connectivity index (χ3v) is 5.42. The second-order valence-electron chi connectivity index (χ2n) is 6.87. The quantitative estimate of drug-likeness (QED) is 0.539. The number of fused-ring (bicyclic) bond motifs is 2. The van der Waals surface area contributed by atoms with Crippen molar-refractivity contribution < 1.29 is 14.6 Å². The van der Waals surface area contributed by atoms with Gasteiger partial charge in [0.1, 0.15) is 5.60 Å². The van der Waals surface area contributed by atoms with E-state index in [0.717, 1.165) is 30.4 Å². The van der Waals surface area contributed by atoms with Crippen molar-refractivity contribution in [3.8, 4) is 0 Å². The summed E-state index contributed by atoms with van der Waals surface area (Å²) in [5.74, 6) is 0.299. The van der Waals surface area contributed by atoms with Gasteiger partial charge in [0.2, 0.25) is 0 Å². The fourth-order valence-corrected chi connectivity index (χ4v) is 4.45. The van der Waals surface area contributed by atoms with Crippen molar-refractivity contribution in [3.05, 3.63) is 23.3 Å². The molecular weight excluding hydrogens is 240 g/mol. The molecular formula is C16H22O3. The summed E-state index contributed by atoms with van der Waals surface area (Å²) in [6, 6.07) is 0. The van der Waals surface area contributed by atoms with Crippen molar-refractivity contribution >= 4 is 5.97 Å². The van der Waals surface area contributed by atoms with Gasteiger partial charge in [0.25, 0.3) is 0 Å². The topological polar surface area (TPSA) is 46.5 Å². The van der Waals surface area contributed by atoms with E-state index in [1.54, 1.807) is 0 Å². The van der Waals surface area contributed by atoms with Crippen LogP contribution in [0, 0.1) is 11.8 Å². The number of esters is 1. The fraction of sp³-hybridized carbons (Fsp3) is 0.688. The van der Waals surface area contributed by atoms with Crippen LogP contribution in [0.25, 0.3) is 0 Å². The average molecular weight is 262 g/mol. The molecule has 0 spiro atoms. The average Bonchev–Trinajstić information content (AvgIpc) is 2.70. The van der Waals surface area contributed by atoms with Crippen LogP contribution in [0.2, 0.25) is 0 Å². The van der Waals surface area contributed by atoms with Crippen LogP contribution in [-0.2, 0) is 9.53 Å². The van der Waals surface area contributed by atoms with Crippen molar-refractivity contribution in [1.29, 1.82) is 0 Å². The van der Waals surface area contributed by atoms with Gasteiger partial charge in [-0.1, -0.05) is 12.2 Å². The Morgan fingerprint density at radius 3 is 2.79 bits per heavy atom. The maximum Gasteiger partial charge on any atom is 0.334 e. The largest absolute Gasteiger partial charge is 0.451 e. The number of carbonyl (C=O) groups excluding carboxylic acids is 1. The highest BCUT2D eigenvalue weighted by molar-refractivity contribution is 5.92. The van der Waals surface area contributed by atoms with Crippen LogP contribution in [-0.4, -0.2) is 22.3 Å². The van der Waals surface area contributed by atoms with Gasteiger partial charge in [-0.15, -0.1) is 0 Å². The van der Waals surface area contributed by atoms with E-state index < -0.39 is 11.2 Å². The molecule has 0 saturated heterocycles. The minimum absolute atomic E-state index is 0.227. The molecule has 1 aliphatic heterocycles. The van der Waals surface area contributed by atoms with Gasteiger partial charge in [0.05, 0.1) is 5.60 Å². The van der Waals surface area contributed by atoms with Crippen LogP contribution in [0.4, 0.5) is 0 Å². The Balaban J connectivity index is 2.10. The molecule has 0 radical (unpaired) electrons. The molecule has 2 fully saturated rings. The zero-order valence-corrected chi connectivity index (χ0v) is 12.0. The minimum atomic E-state index is -0.800. The van der Waals surface area contributed by atoms with Crippen LogP contribution < -0.4 is 0 Å². The van der Waals surface area contributed by atoms with Gasteiger partial charge in [-0.3, -0.25) is 0 Å². The SMILES string of the molecule is C=C1CC[C@@H]2[C@H]1CC1=C(C)C(=O)O[C@@]1(C)C[C@]2(C)O. The van der Waals surface area contributed by atoms with Gasteiger partial charge in [0, 0.05) is 12.0 Å². The Kier molecular flexibility index (Phi) is 2.53. The van der Waals surface area contributed by atoms with Crippen LogP contribution in [0.3, 0.4) is 0 Å². The van der Waals surface area contributed by atoms with Crippen molar-refractivity contribution in [3.63, 3.8) is 0 Å². The van der Waals surface area contributed by atoms with Crippen molar-refractivity contribution in [2.24, 2.45) is 11.8 Å². The molecule has 3 nitrogen and oxygen atoms in total. The van der Waals surface area contributed by atoms with Gasteiger partial charge in [-0.2, -0.15) is 0 Å². The minimum Gasteiger partial charge on any atom is -0.451 e. The highest BCUT2D eigenvalue weighted by Crippen LogP contribution is 2.55. The molecule has 0 aromatic heterocycles. The molecule has 1 heterocycles. The summed E-state index contributed by atoms with van der Waals surface area (Å²) >= 11 is 0. The molecule has 1 N–H and O–H groups in total. The number of rotatable bonds is 0. The molecule has 104 valence electrons. The third-order valence-electron chi connectivity index (χ3n) is 5.42. The molecule has 2 aliphatic carbocycles. The zero-order valence-electron chi connectivity index (χ0n) is 12.0. The van der Waals surface area contributed by atoms with E-state index in [1.807, 2.05) is 20.8 Å². The summed E-state index contributed by atoms with van der Waals surface area (Å²) in [6.45, 7) is 9.84. The lowest BCUT2D eigenvalue weighted by molar-refractivity contribution is -0.150. The maximum absolute atomic E-state index is 11.9. The second kappa shape index (κ2) is 3.72. The van der Waals surface area contributed by atoms with Crippen LogP contribution in [0.1, 0.15) is 46.5 Å². The van der Waals surface area contributed by atoms with E-state index in [0.29, 0.717) is 6.42 Å². The van der Waals surface area contributed by atoms with Crippen molar-refractivity contribution in [2.75, 3.05) is 0 Å². The van der Waals surface area contributed by atoms with E-state index in [1.165, 1.54) is 5.57 Å². The molecule has 0 bridgehead atoms. The summed E-state index contributed by atoms with van der Waals surface area (Å²) in [4.78, 5) is 11.9. The molecule has 4 atom stereocenters. The van der Waals surface area contributed by atoms with Crippen molar-refractivity contribution in [1.82, 2.24) is 0 Å². The third kappa shape index (κ3) is 1.71. The standard InChI is InChI=1S/C16H22O3/c1-9-5-6-12-11(9)7-13-10(2)14(17)19-16(13,4)8-15(12,3)18/h11-12,18H,1,5-8H2,2-4H3/t11-,12+,15-,16-/m0/s1. The first-order chi connectivity index (χ1) is 8.74. The zero-order chi connectivity index (χ0) is 14.0. The normalized spacial score (nSPS) is 45.9. The summed E-state index contributed by atoms with van der Waals surface area (Å²) in [7, 11) is 0. The summed E-state index contributed by atoms with van der Waals surface area (Å²) in [5.41, 5.74) is 1.60. The molecule has 3 rings (SSSR count). The van der Waals surface area contributed by atoms with Gasteiger partial charge >= 0.3 is 5.97 Å². The van der Waals surface area contributed by atoms with Gasteiger partial charge in [-0.05, 0) is 57.4 Å². The Morgan fingerprint density at radius 2 is 2.11 bits per heavy atom. The molecule has 2 saturated carbocycles. The van der Waals surface area contributed by atoms with E-state index in [-0.39, 0.29) is 17.8 Å². The predicted molar refractivity (Wildman–Crippen MR) is 72.4 cm³/mol. The highest BCUT2D eigenvalue weighted by atomic mass is 16.6. The first-order valence-electron chi connectivity index (χ1n) is 7.08. The number of carbonyl (C=O) groups is 1. The van der Waals surface area contributed by atoms with Gasteiger partial charge < -0.3 is 9.84 Å². The van der Waals surface area contributed by atoms with Crippen LogP contribution in [0.5, 0.6) is 0 Å². The number of hydrogen-bond donors (Lipinski definition) is 1. The van der Waals surface area contributed by atoms with Crippen LogP contribution >= 0.6 is 0 Å². The molecule has 3 heteroatoms. The molecule has 0 unspecified atom stereocenters. The lowest BCUT2D eigenvalue weighted by atomic mass is 9.78. The summed E-state index contributed by atoms with van der Waals surface area (Å²) in [5, 5.41) is 10.9. The fourth-order valence-electron chi connectivity index (χ4n) is 4.45. The van der Waals surface area contributed by atoms with E-state index in [4.69, 9.17) is 4.74 Å². The maximum atomic E-state index is 11.9. The summed E-state index contributed by atoms with van der Waals surface area (Å²) in [6.07, 6.45) is 3.29. The first-order valence-corrected chi connectivity index (χ1v) is 7.08. The molecule has 0 aromatic carbocycles. The van der Waals surface area contributed by atoms with Gasteiger partial charge in [0.15, 0.2) is 0 Å². The smallest absolute Gasteiger partial charge is 0.334 e. The van der Waals surface area contributed by atoms with Crippen LogP contribution in [0.15, 0.2) is 23.3 Å². The monoisotopic (exact) mass is 262 g/mol. The van der Waals surface area contributed by atoms with E-state index in [9.17, 15) is 9.90 Å². The molecule has 0 aromatic rings. The Labute approximate surface area is 114 Å². The number of aliphatic hydroxyl groups is 1. The molecule has 19 heavy (non-hydrogen) atoms.